The maximum atomic E-state index is 11.3. The molecule has 0 saturated carbocycles. The van der Waals surface area contributed by atoms with Crippen LogP contribution in [0.1, 0.15) is 34.6 Å². The van der Waals surface area contributed by atoms with Gasteiger partial charge in [-0.15, -0.1) is 0 Å². The third-order valence-corrected chi connectivity index (χ3v) is 1.48. The first-order valence-electron chi connectivity index (χ1n) is 4.63. The fourth-order valence-corrected chi connectivity index (χ4v) is 0.726. The second-order valence-electron chi connectivity index (χ2n) is 5.05. The number of carbonyl (C=O) groups excluding carboxylic acids is 1. The molecule has 0 aliphatic heterocycles. The van der Waals surface area contributed by atoms with E-state index < -0.39 is 5.41 Å². The van der Waals surface area contributed by atoms with Gasteiger partial charge in [0, 0.05) is 12.1 Å². The average Bonchev–Trinajstić information content (AvgIpc) is 1.98. The Morgan fingerprint density at radius 2 is 1.79 bits per heavy atom. The van der Waals surface area contributed by atoms with Crippen LogP contribution < -0.4 is 10.6 Å². The van der Waals surface area contributed by atoms with Crippen LogP contribution in [0.25, 0.3) is 0 Å². The molecular weight excluding hydrogens is 178 g/mol. The first kappa shape index (κ1) is 12.8. The van der Waals surface area contributed by atoms with E-state index in [2.05, 4.69) is 16.7 Å². The maximum Gasteiger partial charge on any atom is 0.315 e. The van der Waals surface area contributed by atoms with Crippen molar-refractivity contribution in [3.8, 4) is 6.07 Å². The Bertz CT molecular complexity index is 245. The van der Waals surface area contributed by atoms with Crippen LogP contribution in [0.5, 0.6) is 0 Å². The molecule has 0 aliphatic carbocycles. The first-order chi connectivity index (χ1) is 6.16. The minimum Gasteiger partial charge on any atom is -0.337 e. The lowest BCUT2D eigenvalue weighted by Gasteiger charge is -2.22. The second kappa shape index (κ2) is 4.32. The monoisotopic (exact) mass is 197 g/mol. The number of carbonyl (C=O) groups is 1. The number of amides is 2. The third-order valence-electron chi connectivity index (χ3n) is 1.48. The van der Waals surface area contributed by atoms with Gasteiger partial charge in [0.2, 0.25) is 0 Å². The molecule has 4 nitrogen and oxygen atoms in total. The van der Waals surface area contributed by atoms with Gasteiger partial charge in [0.05, 0.1) is 11.5 Å². The number of nitriles is 1. The van der Waals surface area contributed by atoms with E-state index in [1.165, 1.54) is 0 Å². The molecule has 0 saturated heterocycles. The zero-order valence-corrected chi connectivity index (χ0v) is 9.56. The van der Waals surface area contributed by atoms with Crippen LogP contribution in [0.3, 0.4) is 0 Å². The molecule has 4 heteroatoms. The van der Waals surface area contributed by atoms with Gasteiger partial charge in [-0.05, 0) is 34.6 Å². The summed E-state index contributed by atoms with van der Waals surface area (Å²) in [5.41, 5.74) is -0.768. The predicted molar refractivity (Wildman–Crippen MR) is 55.7 cm³/mol. The van der Waals surface area contributed by atoms with Crippen LogP contribution in [0.2, 0.25) is 0 Å². The summed E-state index contributed by atoms with van der Waals surface area (Å²) in [6.45, 7) is 9.63. The fraction of sp³-hybridized carbons (Fsp3) is 0.800. The van der Waals surface area contributed by atoms with Crippen molar-refractivity contribution in [2.45, 2.75) is 40.2 Å². The van der Waals surface area contributed by atoms with Crippen molar-refractivity contribution >= 4 is 6.03 Å². The van der Waals surface area contributed by atoms with Crippen LogP contribution in [0.15, 0.2) is 0 Å². The van der Waals surface area contributed by atoms with Crippen molar-refractivity contribution in [1.29, 1.82) is 5.26 Å². The van der Waals surface area contributed by atoms with Gasteiger partial charge in [-0.3, -0.25) is 0 Å². The van der Waals surface area contributed by atoms with Gasteiger partial charge >= 0.3 is 6.03 Å². The molecule has 0 bridgehead atoms. The van der Waals surface area contributed by atoms with Crippen LogP contribution in [-0.4, -0.2) is 18.1 Å². The molecule has 0 heterocycles. The molecule has 0 spiro atoms. The van der Waals surface area contributed by atoms with Crippen LogP contribution in [0.4, 0.5) is 4.79 Å². The van der Waals surface area contributed by atoms with Crippen molar-refractivity contribution in [2.75, 3.05) is 6.54 Å². The van der Waals surface area contributed by atoms with Gasteiger partial charge in [-0.1, -0.05) is 0 Å². The minimum absolute atomic E-state index is 0.235. The van der Waals surface area contributed by atoms with Crippen molar-refractivity contribution < 1.29 is 4.79 Å². The normalized spacial score (nSPS) is 11.7. The highest BCUT2D eigenvalue weighted by Gasteiger charge is 2.19. The van der Waals surface area contributed by atoms with Crippen molar-refractivity contribution in [3.05, 3.63) is 0 Å². The molecule has 80 valence electrons. The fourth-order valence-electron chi connectivity index (χ4n) is 0.726. The highest BCUT2D eigenvalue weighted by atomic mass is 16.2. The molecule has 0 atom stereocenters. The molecule has 14 heavy (non-hydrogen) atoms. The molecule has 2 N–H and O–H groups in total. The van der Waals surface area contributed by atoms with Gasteiger partial charge in [0.1, 0.15) is 0 Å². The third kappa shape index (κ3) is 6.30. The zero-order valence-electron chi connectivity index (χ0n) is 9.56. The second-order valence-corrected chi connectivity index (χ2v) is 5.05. The number of hydrogen-bond donors (Lipinski definition) is 2. The van der Waals surface area contributed by atoms with E-state index in [0.717, 1.165) is 0 Å². The van der Waals surface area contributed by atoms with Crippen molar-refractivity contribution in [1.82, 2.24) is 10.6 Å². The molecule has 0 aromatic carbocycles. The molecule has 0 radical (unpaired) electrons. The molecule has 2 amide bonds. The molecule has 0 aromatic heterocycles. The van der Waals surface area contributed by atoms with Gasteiger partial charge in [0.15, 0.2) is 0 Å². The van der Waals surface area contributed by atoms with E-state index >= 15 is 0 Å². The Morgan fingerprint density at radius 3 is 2.14 bits per heavy atom. The summed E-state index contributed by atoms with van der Waals surface area (Å²) in [5.74, 6) is 0. The largest absolute Gasteiger partial charge is 0.337 e. The average molecular weight is 197 g/mol. The summed E-state index contributed by atoms with van der Waals surface area (Å²) in [5, 5.41) is 14.1. The van der Waals surface area contributed by atoms with E-state index in [1.807, 2.05) is 20.8 Å². The lowest BCUT2D eigenvalue weighted by atomic mass is 9.96. The quantitative estimate of drug-likeness (QED) is 0.706. The number of rotatable bonds is 2. The molecule has 0 unspecified atom stereocenters. The molecule has 0 aromatic rings. The summed E-state index contributed by atoms with van der Waals surface area (Å²) >= 11 is 0. The smallest absolute Gasteiger partial charge is 0.315 e. The van der Waals surface area contributed by atoms with E-state index in [-0.39, 0.29) is 11.6 Å². The maximum absolute atomic E-state index is 11.3. The number of hydrogen-bond acceptors (Lipinski definition) is 2. The Morgan fingerprint density at radius 1 is 1.29 bits per heavy atom. The Balaban J connectivity index is 3.95. The molecule has 0 rings (SSSR count). The topological polar surface area (TPSA) is 64.9 Å². The highest BCUT2D eigenvalue weighted by molar-refractivity contribution is 5.74. The van der Waals surface area contributed by atoms with Crippen LogP contribution in [-0.2, 0) is 0 Å². The summed E-state index contributed by atoms with van der Waals surface area (Å²) < 4.78 is 0. The Labute approximate surface area is 85.7 Å². The van der Waals surface area contributed by atoms with Gasteiger partial charge in [-0.25, -0.2) is 4.79 Å². The predicted octanol–water partition coefficient (Wildman–Crippen LogP) is 1.63. The van der Waals surface area contributed by atoms with Crippen LogP contribution >= 0.6 is 0 Å². The summed E-state index contributed by atoms with van der Waals surface area (Å²) in [6.07, 6.45) is 0. The first-order valence-corrected chi connectivity index (χ1v) is 4.63. The van der Waals surface area contributed by atoms with Crippen molar-refractivity contribution in [2.24, 2.45) is 5.41 Å². The molecular formula is C10H19N3O. The number of nitrogens with zero attached hydrogens (tertiary/aromatic N) is 1. The van der Waals surface area contributed by atoms with Crippen LogP contribution in [0, 0.1) is 16.7 Å². The summed E-state index contributed by atoms with van der Waals surface area (Å²) in [6, 6.07) is 1.88. The Kier molecular flexibility index (Phi) is 3.93. The van der Waals surface area contributed by atoms with Gasteiger partial charge < -0.3 is 10.6 Å². The summed E-state index contributed by atoms with van der Waals surface area (Å²) in [4.78, 5) is 11.3. The van der Waals surface area contributed by atoms with E-state index in [9.17, 15) is 4.79 Å². The van der Waals surface area contributed by atoms with Crippen molar-refractivity contribution in [3.63, 3.8) is 0 Å². The minimum atomic E-state index is -0.519. The van der Waals surface area contributed by atoms with E-state index in [1.54, 1.807) is 13.8 Å². The standard InChI is InChI=1S/C10H19N3O/c1-9(2,3)13-8(14)12-7-10(4,5)6-11/h7H2,1-5H3,(H2,12,13,14). The van der Waals surface area contributed by atoms with Gasteiger partial charge in [0.25, 0.3) is 0 Å². The van der Waals surface area contributed by atoms with E-state index in [0.29, 0.717) is 6.54 Å². The lowest BCUT2D eigenvalue weighted by molar-refractivity contribution is 0.229. The SMILES string of the molecule is CC(C)(C#N)CNC(=O)NC(C)(C)C. The number of urea groups is 1. The highest BCUT2D eigenvalue weighted by Crippen LogP contribution is 2.10. The zero-order chi connectivity index (χ0) is 11.4. The molecule has 0 aliphatic rings. The Hall–Kier alpha value is -1.24. The van der Waals surface area contributed by atoms with E-state index in [4.69, 9.17) is 5.26 Å². The molecule has 0 fully saturated rings. The van der Waals surface area contributed by atoms with Gasteiger partial charge in [-0.2, -0.15) is 5.26 Å². The lowest BCUT2D eigenvalue weighted by Crippen LogP contribution is -2.48. The number of nitrogens with one attached hydrogen (secondary N) is 2. The summed E-state index contributed by atoms with van der Waals surface area (Å²) in [7, 11) is 0.